The van der Waals surface area contributed by atoms with Gasteiger partial charge in [0.2, 0.25) is 5.52 Å². The van der Waals surface area contributed by atoms with E-state index in [1.807, 2.05) is 18.2 Å². The summed E-state index contributed by atoms with van der Waals surface area (Å²) in [6, 6.07) is 7.40. The van der Waals surface area contributed by atoms with Gasteiger partial charge in [0.05, 0.1) is 31.6 Å². The summed E-state index contributed by atoms with van der Waals surface area (Å²) in [5, 5.41) is 26.3. The van der Waals surface area contributed by atoms with Crippen LogP contribution in [0.15, 0.2) is 43.1 Å². The Hall–Kier alpha value is -2.11. The first-order valence-corrected chi connectivity index (χ1v) is 8.93. The van der Waals surface area contributed by atoms with E-state index in [4.69, 9.17) is 4.74 Å². The molecule has 1 aromatic carbocycles. The lowest BCUT2D eigenvalue weighted by Gasteiger charge is -2.60. The maximum absolute atomic E-state index is 13.4. The number of hydroxylamine groups is 3. The van der Waals surface area contributed by atoms with E-state index in [0.717, 1.165) is 34.3 Å². The molecule has 0 amide bonds. The minimum atomic E-state index is -0.120. The molecule has 4 atom stereocenters. The highest BCUT2D eigenvalue weighted by molar-refractivity contribution is 5.81. The van der Waals surface area contributed by atoms with Gasteiger partial charge in [0.25, 0.3) is 0 Å². The molecule has 3 saturated heterocycles. The molecule has 5 rings (SSSR count). The molecule has 5 heteroatoms. The maximum atomic E-state index is 13.4. The van der Waals surface area contributed by atoms with E-state index in [0.29, 0.717) is 36.9 Å². The molecule has 0 saturated carbocycles. The van der Waals surface area contributed by atoms with Crippen molar-refractivity contribution in [2.45, 2.75) is 25.3 Å². The van der Waals surface area contributed by atoms with Crippen molar-refractivity contribution in [1.29, 1.82) is 0 Å². The number of hydrogen-bond donors (Lipinski definition) is 0. The van der Waals surface area contributed by atoms with Gasteiger partial charge in [0.1, 0.15) is 5.75 Å². The van der Waals surface area contributed by atoms with Crippen LogP contribution in [-0.2, 0) is 6.42 Å². The summed E-state index contributed by atoms with van der Waals surface area (Å²) in [5.74, 6) is 1.65. The Kier molecular flexibility index (Phi) is 3.93. The van der Waals surface area contributed by atoms with Gasteiger partial charge < -0.3 is 19.8 Å². The highest BCUT2D eigenvalue weighted by Gasteiger charge is 2.46. The Bertz CT molecular complexity index is 822. The van der Waals surface area contributed by atoms with Crippen LogP contribution in [0.4, 0.5) is 0 Å². The molecule has 132 valence electrons. The number of aromatic nitrogens is 1. The number of benzene rings is 1. The number of quaternary nitrogens is 1. The standard InChI is InChI=1S/C20H24N2O3/c1-3-14-13-22(24)9-7-15(14)10-17(22)11-16-6-8-21(23)20-5-4-18(25-2)12-19(16)20/h3-6,8,12,14-15,17H,1,7,9-11,13H2,2H3/t14-,15?,17-,22+/m0/s1. The molecule has 0 radical (unpaired) electrons. The van der Waals surface area contributed by atoms with Gasteiger partial charge in [-0.2, -0.15) is 4.73 Å². The number of methoxy groups -OCH3 is 1. The third-order valence-electron chi connectivity index (χ3n) is 6.20. The van der Waals surface area contributed by atoms with Crippen molar-refractivity contribution < 1.29 is 14.1 Å². The second-order valence-electron chi connectivity index (χ2n) is 7.45. The van der Waals surface area contributed by atoms with Crippen molar-refractivity contribution in [2.75, 3.05) is 20.2 Å². The van der Waals surface area contributed by atoms with Gasteiger partial charge in [0, 0.05) is 37.3 Å². The first-order valence-electron chi connectivity index (χ1n) is 8.93. The summed E-state index contributed by atoms with van der Waals surface area (Å²) in [6.45, 7) is 5.26. The lowest BCUT2D eigenvalue weighted by Crippen LogP contribution is -2.63. The molecular weight excluding hydrogens is 316 g/mol. The second-order valence-corrected chi connectivity index (χ2v) is 7.45. The zero-order valence-electron chi connectivity index (χ0n) is 14.6. The summed E-state index contributed by atoms with van der Waals surface area (Å²) in [4.78, 5) is 0. The Morgan fingerprint density at radius 2 is 2.24 bits per heavy atom. The molecule has 4 heterocycles. The lowest BCUT2D eigenvalue weighted by atomic mass is 9.74. The first-order chi connectivity index (χ1) is 12.0. The van der Waals surface area contributed by atoms with Crippen LogP contribution in [0, 0.1) is 22.3 Å². The molecule has 0 aliphatic carbocycles. The Morgan fingerprint density at radius 3 is 2.96 bits per heavy atom. The summed E-state index contributed by atoms with van der Waals surface area (Å²) in [6.07, 6.45) is 6.16. The molecule has 3 aliphatic heterocycles. The lowest BCUT2D eigenvalue weighted by molar-refractivity contribution is -0.925. The average molecular weight is 340 g/mol. The van der Waals surface area contributed by atoms with E-state index < -0.39 is 0 Å². The molecule has 3 fully saturated rings. The molecule has 0 N–H and O–H groups in total. The largest absolute Gasteiger partial charge is 0.633 e. The van der Waals surface area contributed by atoms with E-state index in [-0.39, 0.29) is 10.7 Å². The topological polar surface area (TPSA) is 59.2 Å². The summed E-state index contributed by atoms with van der Waals surface area (Å²) in [7, 11) is 1.62. The van der Waals surface area contributed by atoms with Crippen LogP contribution in [0.1, 0.15) is 18.4 Å². The molecule has 1 aromatic heterocycles. The van der Waals surface area contributed by atoms with Gasteiger partial charge in [-0.15, -0.1) is 6.58 Å². The maximum Gasteiger partial charge on any atom is 0.224 e. The van der Waals surface area contributed by atoms with E-state index in [9.17, 15) is 10.4 Å². The van der Waals surface area contributed by atoms with Gasteiger partial charge in [-0.25, -0.2) is 0 Å². The van der Waals surface area contributed by atoms with Crippen LogP contribution in [0.5, 0.6) is 5.75 Å². The quantitative estimate of drug-likeness (QED) is 0.372. The molecule has 5 nitrogen and oxygen atoms in total. The summed E-state index contributed by atoms with van der Waals surface area (Å²) >= 11 is 0. The summed E-state index contributed by atoms with van der Waals surface area (Å²) < 4.78 is 6.07. The van der Waals surface area contributed by atoms with E-state index >= 15 is 0 Å². The smallest absolute Gasteiger partial charge is 0.224 e. The van der Waals surface area contributed by atoms with Gasteiger partial charge in [-0.05, 0) is 23.6 Å². The minimum Gasteiger partial charge on any atom is -0.633 e. The number of rotatable bonds is 4. The molecule has 2 aromatic rings. The number of piperidine rings is 3. The molecule has 1 unspecified atom stereocenters. The number of hydrogen-bond acceptors (Lipinski definition) is 3. The van der Waals surface area contributed by atoms with Crippen molar-refractivity contribution >= 4 is 10.9 Å². The van der Waals surface area contributed by atoms with Crippen LogP contribution in [0.25, 0.3) is 10.9 Å². The molecule has 2 bridgehead atoms. The Labute approximate surface area is 147 Å². The van der Waals surface area contributed by atoms with Gasteiger partial charge >= 0.3 is 0 Å². The molecular formula is C20H24N2O3. The molecule has 3 aliphatic rings. The molecule has 0 spiro atoms. The van der Waals surface area contributed by atoms with Crippen LogP contribution in [0.3, 0.4) is 0 Å². The predicted molar refractivity (Wildman–Crippen MR) is 96.7 cm³/mol. The normalized spacial score (nSPS) is 31.2. The Morgan fingerprint density at radius 1 is 1.40 bits per heavy atom. The summed E-state index contributed by atoms with van der Waals surface area (Å²) in [5.41, 5.74) is 1.68. The third kappa shape index (κ3) is 2.68. The minimum absolute atomic E-state index is 0.0619. The van der Waals surface area contributed by atoms with Gasteiger partial charge in [-0.1, -0.05) is 6.08 Å². The van der Waals surface area contributed by atoms with Crippen LogP contribution < -0.4 is 9.47 Å². The van der Waals surface area contributed by atoms with Crippen molar-refractivity contribution in [2.24, 2.45) is 11.8 Å². The number of pyridine rings is 1. The van der Waals surface area contributed by atoms with Gasteiger partial charge in [-0.3, -0.25) is 0 Å². The van der Waals surface area contributed by atoms with Crippen LogP contribution in [0.2, 0.25) is 0 Å². The number of ether oxygens (including phenoxy) is 1. The molecule has 25 heavy (non-hydrogen) atoms. The second kappa shape index (κ2) is 6.00. The highest BCUT2D eigenvalue weighted by Crippen LogP contribution is 2.43. The zero-order chi connectivity index (χ0) is 17.6. The number of nitrogens with zero attached hydrogens (tertiary/aromatic N) is 2. The van der Waals surface area contributed by atoms with E-state index in [2.05, 4.69) is 6.58 Å². The van der Waals surface area contributed by atoms with E-state index in [1.165, 1.54) is 0 Å². The Balaban J connectivity index is 1.69. The van der Waals surface area contributed by atoms with Crippen molar-refractivity contribution in [1.82, 2.24) is 0 Å². The number of fused-ring (bicyclic) bond motifs is 4. The van der Waals surface area contributed by atoms with Crippen molar-refractivity contribution in [3.63, 3.8) is 0 Å². The van der Waals surface area contributed by atoms with Gasteiger partial charge in [0.15, 0.2) is 6.20 Å². The monoisotopic (exact) mass is 340 g/mol. The average Bonchev–Trinajstić information content (AvgIpc) is 2.64. The fourth-order valence-electron chi connectivity index (χ4n) is 4.73. The third-order valence-corrected chi connectivity index (χ3v) is 6.20. The SMILES string of the molecule is C=C[C@H]1C[N@+]2([O-])CCC1C[C@H]2Cc1cc[n+]([O-])c2ccc(OC)cc12. The fourth-order valence-corrected chi connectivity index (χ4v) is 4.73. The van der Waals surface area contributed by atoms with Crippen molar-refractivity contribution in [3.05, 3.63) is 59.1 Å². The van der Waals surface area contributed by atoms with Crippen LogP contribution >= 0.6 is 0 Å². The van der Waals surface area contributed by atoms with Crippen molar-refractivity contribution in [3.8, 4) is 5.75 Å². The zero-order valence-corrected chi connectivity index (χ0v) is 14.6. The van der Waals surface area contributed by atoms with E-state index in [1.54, 1.807) is 25.4 Å². The fraction of sp³-hybridized carbons (Fsp3) is 0.450. The predicted octanol–water partition coefficient (Wildman–Crippen LogP) is 2.93. The first kappa shape index (κ1) is 16.4. The van der Waals surface area contributed by atoms with Crippen LogP contribution in [-0.4, -0.2) is 30.9 Å². The highest BCUT2D eigenvalue weighted by atomic mass is 16.5.